The first-order valence-electron chi connectivity index (χ1n) is 8.26. The number of carbonyl (C=O) groups excluding carboxylic acids is 1. The van der Waals surface area contributed by atoms with Crippen molar-refractivity contribution in [3.8, 4) is 0 Å². The maximum Gasteiger partial charge on any atom is 0.279 e. The molecule has 0 saturated heterocycles. The average Bonchev–Trinajstić information content (AvgIpc) is 2.84. The SMILES string of the molecule is CCCn1c(=NC(=O)c2ccc(C)cc2C)sc2cc(C)ccc21. The molecule has 0 aliphatic rings. The third-order valence-electron chi connectivity index (χ3n) is 4.09. The maximum absolute atomic E-state index is 12.7. The number of fused-ring (bicyclic) bond motifs is 1. The van der Waals surface area contributed by atoms with E-state index in [1.165, 1.54) is 10.3 Å². The Hall–Kier alpha value is -2.20. The van der Waals surface area contributed by atoms with Crippen LogP contribution in [0.2, 0.25) is 0 Å². The monoisotopic (exact) mass is 338 g/mol. The van der Waals surface area contributed by atoms with Gasteiger partial charge in [0.25, 0.3) is 5.91 Å². The predicted octanol–water partition coefficient (Wildman–Crippen LogP) is 4.78. The fraction of sp³-hybridized carbons (Fsp3) is 0.300. The molecule has 1 heterocycles. The molecule has 0 N–H and O–H groups in total. The summed E-state index contributed by atoms with van der Waals surface area (Å²) in [6, 6.07) is 12.3. The molecule has 3 nitrogen and oxygen atoms in total. The lowest BCUT2D eigenvalue weighted by molar-refractivity contribution is 0.0997. The van der Waals surface area contributed by atoms with E-state index >= 15 is 0 Å². The lowest BCUT2D eigenvalue weighted by Gasteiger charge is -2.04. The summed E-state index contributed by atoms with van der Waals surface area (Å²) in [7, 11) is 0. The van der Waals surface area contributed by atoms with Crippen molar-refractivity contribution in [2.75, 3.05) is 0 Å². The van der Waals surface area contributed by atoms with Gasteiger partial charge in [0, 0.05) is 12.1 Å². The van der Waals surface area contributed by atoms with Gasteiger partial charge in [-0.15, -0.1) is 0 Å². The fourth-order valence-electron chi connectivity index (χ4n) is 2.91. The highest BCUT2D eigenvalue weighted by Crippen LogP contribution is 2.19. The molecule has 124 valence electrons. The molecule has 0 radical (unpaired) electrons. The van der Waals surface area contributed by atoms with E-state index in [1.807, 2.05) is 32.0 Å². The fourth-order valence-corrected chi connectivity index (χ4v) is 4.06. The van der Waals surface area contributed by atoms with Crippen molar-refractivity contribution in [1.82, 2.24) is 4.57 Å². The van der Waals surface area contributed by atoms with Gasteiger partial charge in [0.15, 0.2) is 4.80 Å². The minimum Gasteiger partial charge on any atom is -0.316 e. The Morgan fingerprint density at radius 1 is 1.08 bits per heavy atom. The van der Waals surface area contributed by atoms with E-state index < -0.39 is 0 Å². The van der Waals surface area contributed by atoms with Crippen molar-refractivity contribution in [2.45, 2.75) is 40.7 Å². The molecule has 0 atom stereocenters. The van der Waals surface area contributed by atoms with E-state index in [9.17, 15) is 4.79 Å². The lowest BCUT2D eigenvalue weighted by atomic mass is 10.1. The van der Waals surface area contributed by atoms with Crippen molar-refractivity contribution < 1.29 is 4.79 Å². The summed E-state index contributed by atoms with van der Waals surface area (Å²) in [6.07, 6.45) is 1.00. The van der Waals surface area contributed by atoms with E-state index in [2.05, 4.69) is 41.6 Å². The Morgan fingerprint density at radius 2 is 1.79 bits per heavy atom. The van der Waals surface area contributed by atoms with Crippen LogP contribution in [0.5, 0.6) is 0 Å². The van der Waals surface area contributed by atoms with E-state index in [-0.39, 0.29) is 5.91 Å². The number of rotatable bonds is 3. The first kappa shape index (κ1) is 16.7. The average molecular weight is 338 g/mol. The van der Waals surface area contributed by atoms with Crippen molar-refractivity contribution in [3.63, 3.8) is 0 Å². The molecule has 0 spiro atoms. The van der Waals surface area contributed by atoms with Gasteiger partial charge >= 0.3 is 0 Å². The van der Waals surface area contributed by atoms with Gasteiger partial charge < -0.3 is 4.57 Å². The standard InChI is InChI=1S/C20H22N2OS/c1-5-10-22-17-9-7-14(3)12-18(17)24-20(22)21-19(23)16-8-6-13(2)11-15(16)4/h6-9,11-12H,5,10H2,1-4H3. The second-order valence-electron chi connectivity index (χ2n) is 6.24. The molecule has 0 aliphatic heterocycles. The summed E-state index contributed by atoms with van der Waals surface area (Å²) in [5.74, 6) is -0.166. The molecular weight excluding hydrogens is 316 g/mol. The highest BCUT2D eigenvalue weighted by molar-refractivity contribution is 7.16. The molecule has 1 amide bonds. The van der Waals surface area contributed by atoms with Crippen LogP contribution in [0.25, 0.3) is 10.2 Å². The highest BCUT2D eigenvalue weighted by Gasteiger charge is 2.11. The smallest absolute Gasteiger partial charge is 0.279 e. The van der Waals surface area contributed by atoms with Crippen molar-refractivity contribution in [3.05, 3.63) is 63.5 Å². The van der Waals surface area contributed by atoms with Gasteiger partial charge in [0.05, 0.1) is 10.2 Å². The molecule has 1 aromatic heterocycles. The molecule has 3 rings (SSSR count). The third-order valence-corrected chi connectivity index (χ3v) is 5.14. The van der Waals surface area contributed by atoms with Gasteiger partial charge in [-0.2, -0.15) is 4.99 Å². The zero-order chi connectivity index (χ0) is 17.3. The Bertz CT molecular complexity index is 979. The molecule has 2 aromatic carbocycles. The van der Waals surface area contributed by atoms with Gasteiger partial charge in [-0.1, -0.05) is 42.0 Å². The van der Waals surface area contributed by atoms with Gasteiger partial charge in [-0.25, -0.2) is 0 Å². The molecule has 0 bridgehead atoms. The van der Waals surface area contributed by atoms with Crippen LogP contribution in [0.4, 0.5) is 0 Å². The second kappa shape index (κ2) is 6.73. The number of nitrogens with zero attached hydrogens (tertiary/aromatic N) is 2. The molecular formula is C20H22N2OS. The van der Waals surface area contributed by atoms with Gasteiger partial charge in [0.2, 0.25) is 0 Å². The molecule has 0 fully saturated rings. The zero-order valence-corrected chi connectivity index (χ0v) is 15.4. The molecule has 0 aliphatic carbocycles. The number of hydrogen-bond acceptors (Lipinski definition) is 2. The van der Waals surface area contributed by atoms with Crippen LogP contribution in [0, 0.1) is 20.8 Å². The Morgan fingerprint density at radius 3 is 2.50 bits per heavy atom. The van der Waals surface area contributed by atoms with Gasteiger partial charge in [-0.3, -0.25) is 4.79 Å². The normalized spacial score (nSPS) is 12.1. The summed E-state index contributed by atoms with van der Waals surface area (Å²) in [6.45, 7) is 9.08. The van der Waals surface area contributed by atoms with Crippen molar-refractivity contribution >= 4 is 27.5 Å². The van der Waals surface area contributed by atoms with E-state index in [1.54, 1.807) is 11.3 Å². The summed E-state index contributed by atoms with van der Waals surface area (Å²) >= 11 is 1.59. The van der Waals surface area contributed by atoms with Crippen LogP contribution in [0.3, 0.4) is 0 Å². The molecule has 0 saturated carbocycles. The summed E-state index contributed by atoms with van der Waals surface area (Å²) in [5.41, 5.74) is 5.18. The topological polar surface area (TPSA) is 34.4 Å². The summed E-state index contributed by atoms with van der Waals surface area (Å²) in [4.78, 5) is 17.9. The minimum atomic E-state index is -0.166. The van der Waals surface area contributed by atoms with Crippen molar-refractivity contribution in [1.29, 1.82) is 0 Å². The van der Waals surface area contributed by atoms with Crippen LogP contribution >= 0.6 is 11.3 Å². The number of aryl methyl sites for hydroxylation is 4. The molecule has 4 heteroatoms. The first-order chi connectivity index (χ1) is 11.5. The number of carbonyl (C=O) groups is 1. The van der Waals surface area contributed by atoms with Crippen LogP contribution in [-0.2, 0) is 6.54 Å². The number of benzene rings is 2. The lowest BCUT2D eigenvalue weighted by Crippen LogP contribution is -2.17. The summed E-state index contributed by atoms with van der Waals surface area (Å²) in [5, 5.41) is 0. The quantitative estimate of drug-likeness (QED) is 0.677. The second-order valence-corrected chi connectivity index (χ2v) is 7.25. The van der Waals surface area contributed by atoms with E-state index in [0.29, 0.717) is 5.56 Å². The largest absolute Gasteiger partial charge is 0.316 e. The van der Waals surface area contributed by atoms with Crippen LogP contribution in [0.15, 0.2) is 41.4 Å². The van der Waals surface area contributed by atoms with Crippen molar-refractivity contribution in [2.24, 2.45) is 4.99 Å². The maximum atomic E-state index is 12.7. The number of aromatic nitrogens is 1. The van der Waals surface area contributed by atoms with E-state index in [4.69, 9.17) is 0 Å². The molecule has 3 aromatic rings. The molecule has 0 unspecified atom stereocenters. The van der Waals surface area contributed by atoms with Crippen LogP contribution < -0.4 is 4.80 Å². The highest BCUT2D eigenvalue weighted by atomic mass is 32.1. The van der Waals surface area contributed by atoms with Crippen LogP contribution in [0.1, 0.15) is 40.4 Å². The Balaban J connectivity index is 2.14. The third kappa shape index (κ3) is 3.20. The Kier molecular flexibility index (Phi) is 4.67. The minimum absolute atomic E-state index is 0.166. The molecule has 24 heavy (non-hydrogen) atoms. The number of amides is 1. The predicted molar refractivity (Wildman–Crippen MR) is 101 cm³/mol. The Labute approximate surface area is 146 Å². The van der Waals surface area contributed by atoms with E-state index in [0.717, 1.165) is 34.4 Å². The number of thiazole rings is 1. The van der Waals surface area contributed by atoms with Gasteiger partial charge in [-0.05, 0) is 56.5 Å². The van der Waals surface area contributed by atoms with Crippen LogP contribution in [-0.4, -0.2) is 10.5 Å². The zero-order valence-electron chi connectivity index (χ0n) is 14.6. The summed E-state index contributed by atoms with van der Waals surface area (Å²) < 4.78 is 3.33. The number of hydrogen-bond donors (Lipinski definition) is 0. The first-order valence-corrected chi connectivity index (χ1v) is 9.07. The van der Waals surface area contributed by atoms with Gasteiger partial charge in [0.1, 0.15) is 0 Å².